The van der Waals surface area contributed by atoms with Gasteiger partial charge in [0.2, 0.25) is 0 Å². The van der Waals surface area contributed by atoms with Gasteiger partial charge in [0, 0.05) is 30.5 Å². The van der Waals surface area contributed by atoms with Crippen LogP contribution >= 0.6 is 23.8 Å². The van der Waals surface area contributed by atoms with Crippen molar-refractivity contribution in [3.8, 4) is 11.5 Å². The van der Waals surface area contributed by atoms with E-state index in [4.69, 9.17) is 33.3 Å². The third-order valence-electron chi connectivity index (χ3n) is 5.15. The summed E-state index contributed by atoms with van der Waals surface area (Å²) >= 11 is 12.1. The van der Waals surface area contributed by atoms with Gasteiger partial charge < -0.3 is 24.3 Å². The number of methoxy groups -OCH3 is 2. The van der Waals surface area contributed by atoms with Gasteiger partial charge in [0.05, 0.1) is 24.9 Å². The molecule has 1 N–H and O–H groups in total. The second kappa shape index (κ2) is 8.35. The molecule has 150 valence electrons. The van der Waals surface area contributed by atoms with Crippen LogP contribution in [-0.2, 0) is 6.54 Å². The van der Waals surface area contributed by atoms with E-state index in [-0.39, 0.29) is 6.04 Å². The van der Waals surface area contributed by atoms with Crippen LogP contribution in [0.3, 0.4) is 0 Å². The van der Waals surface area contributed by atoms with Gasteiger partial charge in [0.25, 0.3) is 0 Å². The maximum absolute atomic E-state index is 6.33. The zero-order chi connectivity index (χ0) is 20.4. The van der Waals surface area contributed by atoms with Crippen molar-refractivity contribution in [2.24, 2.45) is 0 Å². The summed E-state index contributed by atoms with van der Waals surface area (Å²) in [7, 11) is 3.34. The number of hydrogen-bond donors (Lipinski definition) is 1. The summed E-state index contributed by atoms with van der Waals surface area (Å²) in [5.41, 5.74) is 2.93. The molecule has 5 nitrogen and oxygen atoms in total. The number of rotatable bonds is 4. The fourth-order valence-electron chi connectivity index (χ4n) is 3.73. The van der Waals surface area contributed by atoms with Crippen LogP contribution in [0.15, 0.2) is 60.8 Å². The molecule has 4 rings (SSSR count). The maximum Gasteiger partial charge on any atom is 0.174 e. The van der Waals surface area contributed by atoms with E-state index in [9.17, 15) is 0 Å². The lowest BCUT2D eigenvalue weighted by Gasteiger charge is -2.39. The first-order valence-electron chi connectivity index (χ1n) is 9.31. The summed E-state index contributed by atoms with van der Waals surface area (Å²) in [6.07, 6.45) is 2.09. The van der Waals surface area contributed by atoms with Crippen LogP contribution in [0, 0.1) is 0 Å². The largest absolute Gasteiger partial charge is 0.497 e. The number of para-hydroxylation sites is 1. The van der Waals surface area contributed by atoms with E-state index in [1.807, 2.05) is 42.5 Å². The van der Waals surface area contributed by atoms with E-state index in [0.717, 1.165) is 41.5 Å². The van der Waals surface area contributed by atoms with Gasteiger partial charge in [-0.3, -0.25) is 0 Å². The first-order chi connectivity index (χ1) is 14.1. The third-order valence-corrected chi connectivity index (χ3v) is 5.81. The van der Waals surface area contributed by atoms with Gasteiger partial charge in [-0.2, -0.15) is 0 Å². The molecule has 1 aromatic heterocycles. The van der Waals surface area contributed by atoms with Crippen LogP contribution in [-0.4, -0.2) is 35.3 Å². The summed E-state index contributed by atoms with van der Waals surface area (Å²) < 4.78 is 13.4. The van der Waals surface area contributed by atoms with Crippen LogP contribution in [0.25, 0.3) is 0 Å². The predicted molar refractivity (Wildman–Crippen MR) is 120 cm³/mol. The minimum Gasteiger partial charge on any atom is -0.497 e. The van der Waals surface area contributed by atoms with Crippen molar-refractivity contribution in [3.05, 3.63) is 77.1 Å². The van der Waals surface area contributed by atoms with Crippen LogP contribution in [0.2, 0.25) is 5.02 Å². The second-order valence-electron chi connectivity index (χ2n) is 6.74. The Kier molecular flexibility index (Phi) is 5.65. The smallest absolute Gasteiger partial charge is 0.174 e. The zero-order valence-corrected chi connectivity index (χ0v) is 17.8. The molecule has 0 saturated heterocycles. The van der Waals surface area contributed by atoms with Gasteiger partial charge in [-0.1, -0.05) is 23.7 Å². The Hall–Kier alpha value is -2.70. The second-order valence-corrected chi connectivity index (χ2v) is 7.53. The molecule has 7 heteroatoms. The minimum atomic E-state index is -0.119. The zero-order valence-electron chi connectivity index (χ0n) is 16.3. The van der Waals surface area contributed by atoms with Crippen molar-refractivity contribution in [1.82, 2.24) is 9.47 Å². The van der Waals surface area contributed by atoms with Crippen molar-refractivity contribution >= 4 is 34.6 Å². The van der Waals surface area contributed by atoms with Crippen LogP contribution in [0.5, 0.6) is 11.5 Å². The van der Waals surface area contributed by atoms with Gasteiger partial charge in [0.15, 0.2) is 5.11 Å². The predicted octanol–water partition coefficient (Wildman–Crippen LogP) is 4.96. The normalized spacial score (nSPS) is 15.6. The van der Waals surface area contributed by atoms with E-state index < -0.39 is 0 Å². The number of fused-ring (bicyclic) bond motifs is 1. The molecule has 3 aromatic rings. The number of ether oxygens (including phenoxy) is 2. The molecule has 0 fully saturated rings. The fraction of sp³-hybridized carbons (Fsp3) is 0.227. The molecule has 1 aliphatic rings. The lowest BCUT2D eigenvalue weighted by molar-refractivity contribution is 0.284. The average Bonchev–Trinajstić information content (AvgIpc) is 3.23. The molecule has 0 unspecified atom stereocenters. The Morgan fingerprint density at radius 1 is 1.07 bits per heavy atom. The number of aromatic nitrogens is 1. The molecule has 0 saturated carbocycles. The minimum absolute atomic E-state index is 0.119. The number of nitrogens with zero attached hydrogens (tertiary/aromatic N) is 2. The van der Waals surface area contributed by atoms with Crippen molar-refractivity contribution < 1.29 is 9.47 Å². The summed E-state index contributed by atoms with van der Waals surface area (Å²) in [6, 6.07) is 17.5. The first-order valence-corrected chi connectivity index (χ1v) is 10.1. The van der Waals surface area contributed by atoms with Crippen molar-refractivity contribution in [1.29, 1.82) is 0 Å². The average molecular weight is 428 g/mol. The molecule has 0 radical (unpaired) electrons. The molecule has 29 heavy (non-hydrogen) atoms. The number of thiocarbonyl (C=S) groups is 1. The molecule has 2 aromatic carbocycles. The van der Waals surface area contributed by atoms with Crippen LogP contribution in [0.1, 0.15) is 17.3 Å². The highest BCUT2D eigenvalue weighted by Gasteiger charge is 2.33. The van der Waals surface area contributed by atoms with E-state index in [0.29, 0.717) is 10.1 Å². The SMILES string of the molecule is COc1ccc(OC)c([C@H]2c3cccn3CCN2C(=S)Nc2ccccc2Cl)c1. The quantitative estimate of drug-likeness (QED) is 0.596. The molecule has 0 bridgehead atoms. The van der Waals surface area contributed by atoms with Crippen LogP contribution < -0.4 is 14.8 Å². The van der Waals surface area contributed by atoms with Crippen molar-refractivity contribution in [2.45, 2.75) is 12.6 Å². The summed E-state index contributed by atoms with van der Waals surface area (Å²) in [5, 5.41) is 4.55. The van der Waals surface area contributed by atoms with Gasteiger partial charge in [-0.15, -0.1) is 0 Å². The Morgan fingerprint density at radius 3 is 2.66 bits per heavy atom. The van der Waals surface area contributed by atoms with Crippen LogP contribution in [0.4, 0.5) is 5.69 Å². The number of nitrogens with one attached hydrogen (secondary N) is 1. The Morgan fingerprint density at radius 2 is 1.90 bits per heavy atom. The van der Waals surface area contributed by atoms with E-state index >= 15 is 0 Å². The summed E-state index contributed by atoms with van der Waals surface area (Å²) in [5.74, 6) is 1.56. The highest BCUT2D eigenvalue weighted by Crippen LogP contribution is 2.39. The molecule has 0 amide bonds. The Labute approximate surface area is 180 Å². The van der Waals surface area contributed by atoms with E-state index in [1.54, 1.807) is 14.2 Å². The van der Waals surface area contributed by atoms with Gasteiger partial charge in [-0.05, 0) is 54.7 Å². The molecule has 2 heterocycles. The number of anilines is 1. The van der Waals surface area contributed by atoms with Crippen molar-refractivity contribution in [2.75, 3.05) is 26.1 Å². The Bertz CT molecular complexity index is 1040. The van der Waals surface area contributed by atoms with Gasteiger partial charge in [-0.25, -0.2) is 0 Å². The lowest BCUT2D eigenvalue weighted by atomic mass is 9.99. The lowest BCUT2D eigenvalue weighted by Crippen LogP contribution is -2.44. The summed E-state index contributed by atoms with van der Waals surface area (Å²) in [6.45, 7) is 1.60. The fourth-order valence-corrected chi connectivity index (χ4v) is 4.22. The maximum atomic E-state index is 6.33. The molecule has 0 aliphatic carbocycles. The monoisotopic (exact) mass is 427 g/mol. The molecule has 1 aliphatic heterocycles. The van der Waals surface area contributed by atoms with Gasteiger partial charge >= 0.3 is 0 Å². The number of benzene rings is 2. The number of halogens is 1. The van der Waals surface area contributed by atoms with E-state index in [2.05, 4.69) is 33.1 Å². The van der Waals surface area contributed by atoms with Crippen molar-refractivity contribution in [3.63, 3.8) is 0 Å². The standard InChI is InChI=1S/C22H22ClN3O2S/c1-27-15-9-10-20(28-2)16(14-15)21-19-8-5-11-25(19)12-13-26(21)22(29)24-18-7-4-3-6-17(18)23/h3-11,14,21H,12-13H2,1-2H3,(H,24,29)/t21-/m0/s1. The van der Waals surface area contributed by atoms with E-state index in [1.165, 1.54) is 0 Å². The molecular formula is C22H22ClN3O2S. The molecule has 1 atom stereocenters. The Balaban J connectivity index is 1.76. The first kappa shape index (κ1) is 19.6. The van der Waals surface area contributed by atoms with Gasteiger partial charge in [0.1, 0.15) is 17.5 Å². The third kappa shape index (κ3) is 3.78. The highest BCUT2D eigenvalue weighted by molar-refractivity contribution is 7.80. The number of hydrogen-bond acceptors (Lipinski definition) is 3. The molecule has 0 spiro atoms. The summed E-state index contributed by atoms with van der Waals surface area (Å²) in [4.78, 5) is 2.17. The molecular weight excluding hydrogens is 406 g/mol. The topological polar surface area (TPSA) is 38.7 Å². The highest BCUT2D eigenvalue weighted by atomic mass is 35.5.